The van der Waals surface area contributed by atoms with E-state index in [9.17, 15) is 9.59 Å². The minimum atomic E-state index is -0.505. The van der Waals surface area contributed by atoms with Gasteiger partial charge in [0.15, 0.2) is 5.70 Å². The number of ether oxygens (including phenoxy) is 2. The number of hydrogen-bond donors (Lipinski definition) is 0. The van der Waals surface area contributed by atoms with Gasteiger partial charge in [-0.05, 0) is 60.2 Å². The number of nitrogens with zero attached hydrogens (tertiary/aromatic N) is 1. The third-order valence-corrected chi connectivity index (χ3v) is 4.64. The van der Waals surface area contributed by atoms with E-state index in [0.29, 0.717) is 11.3 Å². The molecule has 0 aliphatic carbocycles. The highest BCUT2D eigenvalue weighted by Crippen LogP contribution is 2.21. The van der Waals surface area contributed by atoms with Crippen LogP contribution in [0.25, 0.3) is 6.08 Å². The Balaban J connectivity index is 1.48. The van der Waals surface area contributed by atoms with Crippen molar-refractivity contribution in [3.05, 3.63) is 106 Å². The molecule has 0 amide bonds. The Morgan fingerprint density at radius 1 is 0.931 bits per heavy atom. The lowest BCUT2D eigenvalue weighted by atomic mass is 10.2. The number of carbonyl (C=O) groups is 2. The van der Waals surface area contributed by atoms with E-state index >= 15 is 0 Å². The molecular formula is C23H14BrNO4. The van der Waals surface area contributed by atoms with E-state index in [1.807, 2.05) is 30.3 Å². The van der Waals surface area contributed by atoms with Crippen LogP contribution in [0.15, 0.2) is 94.0 Å². The quantitative estimate of drug-likeness (QED) is 0.320. The van der Waals surface area contributed by atoms with E-state index in [4.69, 9.17) is 9.47 Å². The maximum absolute atomic E-state index is 12.2. The second-order valence-corrected chi connectivity index (χ2v) is 7.08. The normalized spacial score (nSPS) is 14.4. The summed E-state index contributed by atoms with van der Waals surface area (Å²) in [6.07, 6.45) is 1.62. The van der Waals surface area contributed by atoms with E-state index in [2.05, 4.69) is 20.9 Å². The number of halogens is 1. The van der Waals surface area contributed by atoms with Gasteiger partial charge in [-0.15, -0.1) is 0 Å². The molecule has 1 heterocycles. The third kappa shape index (κ3) is 4.50. The van der Waals surface area contributed by atoms with Crippen LogP contribution in [-0.2, 0) is 9.53 Å². The number of hydrogen-bond acceptors (Lipinski definition) is 5. The van der Waals surface area contributed by atoms with Crippen LogP contribution in [0.2, 0.25) is 0 Å². The van der Waals surface area contributed by atoms with Gasteiger partial charge in [0.25, 0.3) is 0 Å². The predicted octanol–water partition coefficient (Wildman–Crippen LogP) is 5.01. The van der Waals surface area contributed by atoms with Crippen molar-refractivity contribution in [2.24, 2.45) is 4.99 Å². The van der Waals surface area contributed by atoms with E-state index in [1.54, 1.807) is 54.6 Å². The van der Waals surface area contributed by atoms with Crippen LogP contribution >= 0.6 is 15.9 Å². The van der Waals surface area contributed by atoms with E-state index < -0.39 is 11.9 Å². The molecule has 3 aromatic carbocycles. The second kappa shape index (κ2) is 8.24. The van der Waals surface area contributed by atoms with Crippen molar-refractivity contribution in [1.82, 2.24) is 0 Å². The molecule has 5 nitrogen and oxygen atoms in total. The first-order valence-electron chi connectivity index (χ1n) is 8.74. The van der Waals surface area contributed by atoms with Crippen LogP contribution < -0.4 is 4.74 Å². The van der Waals surface area contributed by atoms with Crippen LogP contribution in [0, 0.1) is 0 Å². The monoisotopic (exact) mass is 447 g/mol. The minimum Gasteiger partial charge on any atom is -0.423 e. The summed E-state index contributed by atoms with van der Waals surface area (Å²) in [5, 5.41) is 0. The first-order valence-corrected chi connectivity index (χ1v) is 9.53. The van der Waals surface area contributed by atoms with Crippen molar-refractivity contribution in [2.45, 2.75) is 0 Å². The first kappa shape index (κ1) is 18.8. The number of esters is 2. The van der Waals surface area contributed by atoms with E-state index in [-0.39, 0.29) is 11.6 Å². The van der Waals surface area contributed by atoms with Crippen molar-refractivity contribution in [3.8, 4) is 5.75 Å². The maximum atomic E-state index is 12.2. The molecule has 0 saturated heterocycles. The summed E-state index contributed by atoms with van der Waals surface area (Å²) in [4.78, 5) is 28.5. The zero-order chi connectivity index (χ0) is 20.2. The molecule has 6 heteroatoms. The smallest absolute Gasteiger partial charge is 0.363 e. The van der Waals surface area contributed by atoms with Crippen molar-refractivity contribution in [1.29, 1.82) is 0 Å². The van der Waals surface area contributed by atoms with Gasteiger partial charge in [-0.2, -0.15) is 0 Å². The Hall–Kier alpha value is -3.51. The molecule has 142 valence electrons. The van der Waals surface area contributed by atoms with Gasteiger partial charge in [-0.1, -0.05) is 46.3 Å². The fourth-order valence-corrected chi connectivity index (χ4v) is 2.92. The standard InChI is InChI=1S/C23H14BrNO4/c24-18-10-8-17(9-11-18)22(26)28-19-12-6-15(7-13-19)14-20-23(27)29-21(25-20)16-4-2-1-3-5-16/h1-14H. The largest absolute Gasteiger partial charge is 0.423 e. The Morgan fingerprint density at radius 3 is 2.31 bits per heavy atom. The molecular weight excluding hydrogens is 434 g/mol. The van der Waals surface area contributed by atoms with Gasteiger partial charge >= 0.3 is 11.9 Å². The van der Waals surface area contributed by atoms with Crippen molar-refractivity contribution in [3.63, 3.8) is 0 Å². The molecule has 1 aliphatic rings. The summed E-state index contributed by atoms with van der Waals surface area (Å²) in [6, 6.07) is 22.9. The van der Waals surface area contributed by atoms with Gasteiger partial charge in [0, 0.05) is 10.0 Å². The molecule has 0 bridgehead atoms. The van der Waals surface area contributed by atoms with Crippen molar-refractivity contribution >= 4 is 39.8 Å². The third-order valence-electron chi connectivity index (χ3n) is 4.12. The summed E-state index contributed by atoms with van der Waals surface area (Å²) in [7, 11) is 0. The molecule has 4 rings (SSSR count). The number of aliphatic imine (C=N–C) groups is 1. The highest BCUT2D eigenvalue weighted by Gasteiger charge is 2.23. The SMILES string of the molecule is O=C1OC(c2ccccc2)=NC1=Cc1ccc(OC(=O)c2ccc(Br)cc2)cc1. The zero-order valence-electron chi connectivity index (χ0n) is 15.0. The molecule has 29 heavy (non-hydrogen) atoms. The summed E-state index contributed by atoms with van der Waals surface area (Å²) < 4.78 is 11.5. The Bertz CT molecular complexity index is 1120. The van der Waals surface area contributed by atoms with Crippen LogP contribution in [0.1, 0.15) is 21.5 Å². The Morgan fingerprint density at radius 2 is 1.62 bits per heavy atom. The van der Waals surface area contributed by atoms with Crippen LogP contribution in [0.5, 0.6) is 5.75 Å². The fraction of sp³-hybridized carbons (Fsp3) is 0. The van der Waals surface area contributed by atoms with Crippen LogP contribution in [-0.4, -0.2) is 17.8 Å². The average molecular weight is 448 g/mol. The lowest BCUT2D eigenvalue weighted by Gasteiger charge is -2.05. The molecule has 3 aromatic rings. The highest BCUT2D eigenvalue weighted by atomic mass is 79.9. The first-order chi connectivity index (χ1) is 14.1. The van der Waals surface area contributed by atoms with Gasteiger partial charge in [0.1, 0.15) is 5.75 Å². The van der Waals surface area contributed by atoms with E-state index in [1.165, 1.54) is 0 Å². The Kier molecular flexibility index (Phi) is 5.35. The summed E-state index contributed by atoms with van der Waals surface area (Å²) in [5.41, 5.74) is 2.14. The van der Waals surface area contributed by atoms with Crippen molar-refractivity contribution in [2.75, 3.05) is 0 Å². The molecule has 0 unspecified atom stereocenters. The van der Waals surface area contributed by atoms with Crippen LogP contribution in [0.4, 0.5) is 0 Å². The molecule has 0 radical (unpaired) electrons. The van der Waals surface area contributed by atoms with Gasteiger partial charge in [0.05, 0.1) is 5.56 Å². The molecule has 1 aliphatic heterocycles. The molecule has 0 N–H and O–H groups in total. The number of carbonyl (C=O) groups excluding carboxylic acids is 2. The average Bonchev–Trinajstić information content (AvgIpc) is 3.11. The number of cyclic esters (lactones) is 1. The topological polar surface area (TPSA) is 65.0 Å². The van der Waals surface area contributed by atoms with Gasteiger partial charge in [-0.25, -0.2) is 14.6 Å². The zero-order valence-corrected chi connectivity index (χ0v) is 16.6. The number of rotatable bonds is 4. The van der Waals surface area contributed by atoms with E-state index in [0.717, 1.165) is 15.6 Å². The molecule has 0 saturated carbocycles. The molecule has 0 spiro atoms. The summed E-state index contributed by atoms with van der Waals surface area (Å²) in [6.45, 7) is 0. The molecule has 0 aromatic heterocycles. The lowest BCUT2D eigenvalue weighted by Crippen LogP contribution is -2.08. The maximum Gasteiger partial charge on any atom is 0.363 e. The Labute approximate surface area is 175 Å². The van der Waals surface area contributed by atoms with Crippen LogP contribution in [0.3, 0.4) is 0 Å². The fourth-order valence-electron chi connectivity index (χ4n) is 2.66. The molecule has 0 atom stereocenters. The predicted molar refractivity (Wildman–Crippen MR) is 113 cm³/mol. The van der Waals surface area contributed by atoms with Gasteiger partial charge in [-0.3, -0.25) is 0 Å². The molecule has 0 fully saturated rings. The second-order valence-electron chi connectivity index (χ2n) is 6.17. The van der Waals surface area contributed by atoms with Crippen molar-refractivity contribution < 1.29 is 19.1 Å². The van der Waals surface area contributed by atoms with Gasteiger partial charge in [0.2, 0.25) is 5.90 Å². The summed E-state index contributed by atoms with van der Waals surface area (Å²) >= 11 is 3.33. The lowest BCUT2D eigenvalue weighted by molar-refractivity contribution is -0.129. The minimum absolute atomic E-state index is 0.212. The summed E-state index contributed by atoms with van der Waals surface area (Å²) in [5.74, 6) is -0.265. The number of benzene rings is 3. The highest BCUT2D eigenvalue weighted by molar-refractivity contribution is 9.10. The van der Waals surface area contributed by atoms with Gasteiger partial charge < -0.3 is 9.47 Å².